The fourth-order valence-corrected chi connectivity index (χ4v) is 5.65. The highest BCUT2D eigenvalue weighted by molar-refractivity contribution is 8.00. The molecule has 0 radical (unpaired) electrons. The van der Waals surface area contributed by atoms with Gasteiger partial charge in [0.15, 0.2) is 9.84 Å². The van der Waals surface area contributed by atoms with Crippen LogP contribution in [0.3, 0.4) is 0 Å². The number of nitrogens with zero attached hydrogens (tertiary/aromatic N) is 1. The molecule has 2 aliphatic rings. The van der Waals surface area contributed by atoms with Crippen LogP contribution in [0, 0.1) is 5.92 Å². The minimum absolute atomic E-state index is 0.360. The molecule has 0 aromatic rings. The molecular weight excluding hydrogens is 316 g/mol. The molecule has 120 valence electrons. The van der Waals surface area contributed by atoms with Gasteiger partial charge in [-0.3, -0.25) is 4.79 Å². The number of amides is 2. The van der Waals surface area contributed by atoms with Gasteiger partial charge in [-0.1, -0.05) is 6.42 Å². The maximum atomic E-state index is 12.3. The van der Waals surface area contributed by atoms with E-state index in [0.717, 1.165) is 12.7 Å². The number of sulfone groups is 1. The first-order chi connectivity index (χ1) is 9.80. The van der Waals surface area contributed by atoms with E-state index in [1.807, 2.05) is 0 Å². The number of carbonyl (C=O) groups is 2. The Hall–Kier alpha value is -0.960. The third-order valence-electron chi connectivity index (χ3n) is 3.98. The van der Waals surface area contributed by atoms with Crippen molar-refractivity contribution in [1.82, 2.24) is 10.2 Å². The van der Waals surface area contributed by atoms with Gasteiger partial charge < -0.3 is 15.3 Å². The topological polar surface area (TPSA) is 104 Å². The molecule has 0 spiro atoms. The van der Waals surface area contributed by atoms with Crippen LogP contribution in [0.1, 0.15) is 19.3 Å². The number of nitrogens with one attached hydrogen (secondary N) is 1. The van der Waals surface area contributed by atoms with Crippen LogP contribution >= 0.6 is 11.8 Å². The summed E-state index contributed by atoms with van der Waals surface area (Å²) >= 11 is 1.50. The first-order valence-corrected chi connectivity index (χ1v) is 9.98. The average Bonchev–Trinajstić information content (AvgIpc) is 2.86. The molecule has 1 aliphatic carbocycles. The Balaban J connectivity index is 2.06. The predicted octanol–water partition coefficient (Wildman–Crippen LogP) is 0.369. The van der Waals surface area contributed by atoms with E-state index in [-0.39, 0.29) is 0 Å². The summed E-state index contributed by atoms with van der Waals surface area (Å²) in [5.41, 5.74) is 0. The lowest BCUT2D eigenvalue weighted by Crippen LogP contribution is -2.56. The maximum Gasteiger partial charge on any atom is 0.318 e. The quantitative estimate of drug-likeness (QED) is 0.772. The van der Waals surface area contributed by atoms with Gasteiger partial charge in [0.25, 0.3) is 0 Å². The minimum atomic E-state index is -3.36. The van der Waals surface area contributed by atoms with E-state index >= 15 is 0 Å². The molecule has 9 heteroatoms. The van der Waals surface area contributed by atoms with E-state index < -0.39 is 39.2 Å². The molecule has 2 amide bonds. The van der Waals surface area contributed by atoms with E-state index in [1.54, 1.807) is 0 Å². The normalized spacial score (nSPS) is 30.1. The van der Waals surface area contributed by atoms with Crippen molar-refractivity contribution in [3.8, 4) is 0 Å². The Morgan fingerprint density at radius 2 is 2.05 bits per heavy atom. The standard InChI is InChI=1S/C12H20N2O5S2/c1-21(18,19)10-7-20-6-5-14(10)12(17)13-9-4-2-3-8(9)11(15)16/h8-10H,2-7H2,1H3,(H,13,17)(H,15,16). The number of carbonyl (C=O) groups excluding carboxylic acids is 1. The number of urea groups is 1. The summed E-state index contributed by atoms with van der Waals surface area (Å²) in [5.74, 6) is -0.442. The number of thioether (sulfide) groups is 1. The largest absolute Gasteiger partial charge is 0.481 e. The highest BCUT2D eigenvalue weighted by atomic mass is 32.2. The molecule has 1 saturated heterocycles. The van der Waals surface area contributed by atoms with Crippen LogP contribution in [0.4, 0.5) is 4.79 Å². The highest BCUT2D eigenvalue weighted by Crippen LogP contribution is 2.27. The number of aliphatic carboxylic acids is 1. The average molecular weight is 336 g/mol. The van der Waals surface area contributed by atoms with Crippen LogP contribution in [0.25, 0.3) is 0 Å². The predicted molar refractivity (Wildman–Crippen MR) is 80.0 cm³/mol. The van der Waals surface area contributed by atoms with Crippen molar-refractivity contribution in [3.05, 3.63) is 0 Å². The summed E-state index contributed by atoms with van der Waals surface area (Å²) in [6, 6.07) is -0.881. The van der Waals surface area contributed by atoms with Gasteiger partial charge in [0.2, 0.25) is 0 Å². The van der Waals surface area contributed by atoms with Gasteiger partial charge in [0.1, 0.15) is 5.37 Å². The molecule has 1 saturated carbocycles. The third-order valence-corrected chi connectivity index (χ3v) is 6.62. The lowest BCUT2D eigenvalue weighted by atomic mass is 10.0. The smallest absolute Gasteiger partial charge is 0.318 e. The molecule has 2 rings (SSSR count). The Bertz CT molecular complexity index is 522. The van der Waals surface area contributed by atoms with Gasteiger partial charge in [0, 0.05) is 30.3 Å². The van der Waals surface area contributed by atoms with E-state index in [1.165, 1.54) is 16.7 Å². The Labute approximate surface area is 128 Å². The van der Waals surface area contributed by atoms with Gasteiger partial charge in [-0.2, -0.15) is 11.8 Å². The zero-order chi connectivity index (χ0) is 15.6. The lowest BCUT2D eigenvalue weighted by Gasteiger charge is -2.35. The third kappa shape index (κ3) is 3.82. The fourth-order valence-electron chi connectivity index (χ4n) is 2.84. The second kappa shape index (κ2) is 6.43. The van der Waals surface area contributed by atoms with Crippen LogP contribution in [-0.4, -0.2) is 66.1 Å². The number of hydrogen-bond donors (Lipinski definition) is 2. The minimum Gasteiger partial charge on any atom is -0.481 e. The molecule has 1 aliphatic heterocycles. The van der Waals surface area contributed by atoms with Crippen LogP contribution < -0.4 is 5.32 Å². The SMILES string of the molecule is CS(=O)(=O)C1CSCCN1C(=O)NC1CCCC1C(=O)O. The van der Waals surface area contributed by atoms with Crippen LogP contribution in [0.5, 0.6) is 0 Å². The highest BCUT2D eigenvalue weighted by Gasteiger charge is 2.38. The van der Waals surface area contributed by atoms with Crippen molar-refractivity contribution in [3.63, 3.8) is 0 Å². The molecule has 7 nitrogen and oxygen atoms in total. The molecule has 0 aromatic carbocycles. The number of carboxylic acids is 1. The van der Waals surface area contributed by atoms with Crippen molar-refractivity contribution in [2.45, 2.75) is 30.7 Å². The van der Waals surface area contributed by atoms with Crippen LogP contribution in [0.15, 0.2) is 0 Å². The van der Waals surface area contributed by atoms with Gasteiger partial charge in [0.05, 0.1) is 5.92 Å². The van der Waals surface area contributed by atoms with E-state index in [4.69, 9.17) is 5.11 Å². The summed E-state index contributed by atoms with van der Waals surface area (Å²) in [6.45, 7) is 0.360. The van der Waals surface area contributed by atoms with E-state index in [0.29, 0.717) is 30.9 Å². The van der Waals surface area contributed by atoms with Crippen molar-refractivity contribution in [2.24, 2.45) is 5.92 Å². The molecule has 0 aromatic heterocycles. The first-order valence-electron chi connectivity index (χ1n) is 6.87. The van der Waals surface area contributed by atoms with Crippen molar-refractivity contribution >= 4 is 33.6 Å². The molecule has 2 fully saturated rings. The summed E-state index contributed by atoms with van der Waals surface area (Å²) in [4.78, 5) is 24.8. The molecular formula is C12H20N2O5S2. The molecule has 21 heavy (non-hydrogen) atoms. The Morgan fingerprint density at radius 3 is 2.67 bits per heavy atom. The number of hydrogen-bond acceptors (Lipinski definition) is 5. The van der Waals surface area contributed by atoms with Gasteiger partial charge in [-0.15, -0.1) is 0 Å². The first kappa shape index (κ1) is 16.4. The second-order valence-electron chi connectivity index (χ2n) is 5.48. The van der Waals surface area contributed by atoms with Gasteiger partial charge in [-0.25, -0.2) is 13.2 Å². The monoisotopic (exact) mass is 336 g/mol. The zero-order valence-corrected chi connectivity index (χ0v) is 13.5. The summed E-state index contributed by atoms with van der Waals surface area (Å²) in [5, 5.41) is 11.0. The van der Waals surface area contributed by atoms with Gasteiger partial charge in [-0.05, 0) is 12.8 Å². The number of carboxylic acid groups (broad SMARTS) is 1. The van der Waals surface area contributed by atoms with Crippen molar-refractivity contribution in [2.75, 3.05) is 24.3 Å². The maximum absolute atomic E-state index is 12.3. The van der Waals surface area contributed by atoms with E-state index in [9.17, 15) is 18.0 Å². The Kier molecular flexibility index (Phi) is 5.03. The van der Waals surface area contributed by atoms with Crippen LogP contribution in [0.2, 0.25) is 0 Å². The lowest BCUT2D eigenvalue weighted by molar-refractivity contribution is -0.142. The van der Waals surface area contributed by atoms with Gasteiger partial charge >= 0.3 is 12.0 Å². The molecule has 1 heterocycles. The molecule has 2 N–H and O–H groups in total. The fraction of sp³-hybridized carbons (Fsp3) is 0.833. The molecule has 3 atom stereocenters. The molecule has 0 bridgehead atoms. The van der Waals surface area contributed by atoms with Crippen molar-refractivity contribution in [1.29, 1.82) is 0 Å². The second-order valence-corrected chi connectivity index (χ2v) is 8.84. The molecule has 3 unspecified atom stereocenters. The number of rotatable bonds is 3. The summed E-state index contributed by atoms with van der Waals surface area (Å²) in [7, 11) is -3.36. The van der Waals surface area contributed by atoms with Crippen LogP contribution in [-0.2, 0) is 14.6 Å². The van der Waals surface area contributed by atoms with E-state index in [2.05, 4.69) is 5.32 Å². The van der Waals surface area contributed by atoms with Crippen molar-refractivity contribution < 1.29 is 23.1 Å². The summed E-state index contributed by atoms with van der Waals surface area (Å²) < 4.78 is 23.6. The summed E-state index contributed by atoms with van der Waals surface area (Å²) in [6.07, 6.45) is 3.05. The zero-order valence-electron chi connectivity index (χ0n) is 11.8. The Morgan fingerprint density at radius 1 is 1.33 bits per heavy atom.